The van der Waals surface area contributed by atoms with Crippen molar-refractivity contribution in [3.63, 3.8) is 0 Å². The van der Waals surface area contributed by atoms with Crippen LogP contribution in [0.1, 0.15) is 32.8 Å². The van der Waals surface area contributed by atoms with Crippen LogP contribution >= 0.6 is 23.2 Å². The Hall–Kier alpha value is -2.89. The van der Waals surface area contributed by atoms with Crippen LogP contribution in [0.15, 0.2) is 60.9 Å². The number of aromatic amines is 2. The summed E-state index contributed by atoms with van der Waals surface area (Å²) in [5.74, 6) is 0. The first-order chi connectivity index (χ1) is 15.7. The molecule has 0 bridgehead atoms. The first kappa shape index (κ1) is 23.3. The number of fused-ring (bicyclic) bond motifs is 2. The summed E-state index contributed by atoms with van der Waals surface area (Å²) in [6.45, 7) is 6.87. The Morgan fingerprint density at radius 3 is 2.42 bits per heavy atom. The van der Waals surface area contributed by atoms with Crippen molar-refractivity contribution >= 4 is 56.7 Å². The van der Waals surface area contributed by atoms with E-state index in [2.05, 4.69) is 16.0 Å². The van der Waals surface area contributed by atoms with Crippen LogP contribution < -0.4 is 0 Å². The van der Waals surface area contributed by atoms with Gasteiger partial charge < -0.3 is 19.6 Å². The van der Waals surface area contributed by atoms with Crippen molar-refractivity contribution < 1.29 is 9.53 Å². The maximum atomic E-state index is 12.1. The molecule has 2 aromatic carbocycles. The number of nitrogens with one attached hydrogen (secondary N) is 2. The second-order valence-electron chi connectivity index (χ2n) is 9.01. The van der Waals surface area contributed by atoms with Crippen molar-refractivity contribution in [2.75, 3.05) is 13.1 Å². The third-order valence-corrected chi connectivity index (χ3v) is 5.84. The monoisotopic (exact) mass is 483 g/mol. The molecule has 0 radical (unpaired) electrons. The predicted molar refractivity (Wildman–Crippen MR) is 137 cm³/mol. The van der Waals surface area contributed by atoms with E-state index in [4.69, 9.17) is 27.9 Å². The van der Waals surface area contributed by atoms with Crippen LogP contribution in [0.3, 0.4) is 0 Å². The van der Waals surface area contributed by atoms with Gasteiger partial charge in [-0.2, -0.15) is 0 Å². The normalized spacial score (nSPS) is 14.1. The molecule has 1 aliphatic heterocycles. The molecule has 5 rings (SSSR count). The molecule has 172 valence electrons. The van der Waals surface area contributed by atoms with Gasteiger partial charge in [-0.3, -0.25) is 0 Å². The van der Waals surface area contributed by atoms with E-state index in [9.17, 15) is 4.79 Å². The number of rotatable bonds is 1. The number of benzene rings is 2. The molecule has 1 aliphatic rings. The molecule has 0 spiro atoms. The molecule has 2 aromatic heterocycles. The lowest BCUT2D eigenvalue weighted by molar-refractivity contribution is 0.0270. The number of carbonyl (C=O) groups is 1. The number of nitrogens with zero attached hydrogens (tertiary/aromatic N) is 1. The van der Waals surface area contributed by atoms with Crippen molar-refractivity contribution in [1.29, 1.82) is 0 Å². The van der Waals surface area contributed by atoms with Gasteiger partial charge in [-0.25, -0.2) is 4.79 Å². The highest BCUT2D eigenvalue weighted by Crippen LogP contribution is 2.31. The van der Waals surface area contributed by atoms with Crippen molar-refractivity contribution in [1.82, 2.24) is 14.9 Å². The van der Waals surface area contributed by atoms with Gasteiger partial charge in [0.15, 0.2) is 0 Å². The molecule has 2 N–H and O–H groups in total. The predicted octanol–water partition coefficient (Wildman–Crippen LogP) is 7.67. The highest BCUT2D eigenvalue weighted by molar-refractivity contribution is 6.31. The Bertz CT molecular complexity index is 1310. The molecule has 3 heterocycles. The molecule has 7 heteroatoms. The minimum atomic E-state index is -0.464. The van der Waals surface area contributed by atoms with Gasteiger partial charge in [0.25, 0.3) is 0 Å². The number of hydrogen-bond donors (Lipinski definition) is 2. The number of ether oxygens (including phenoxy) is 1. The summed E-state index contributed by atoms with van der Waals surface area (Å²) in [5, 5.41) is 3.79. The topological polar surface area (TPSA) is 61.1 Å². The molecule has 0 fully saturated rings. The van der Waals surface area contributed by atoms with Crippen molar-refractivity contribution in [3.05, 3.63) is 76.5 Å². The van der Waals surface area contributed by atoms with Crippen LogP contribution in [-0.4, -0.2) is 39.7 Å². The van der Waals surface area contributed by atoms with E-state index in [-0.39, 0.29) is 6.09 Å². The van der Waals surface area contributed by atoms with Gasteiger partial charge in [-0.15, -0.1) is 0 Å². The standard InChI is InChI=1S/C18H21ClN2O2.C8H6ClN/c1-18(2,3)23-17(22)21-8-6-12(7-9-21)15-11-20-16-5-4-13(19)10-14(15)16;9-7-1-2-8-6(5-7)3-4-10-8/h4-6,10-11,20H,7-9H2,1-3H3;1-5,10H. The largest absolute Gasteiger partial charge is 0.444 e. The average molecular weight is 484 g/mol. The van der Waals surface area contributed by atoms with E-state index in [1.54, 1.807) is 4.90 Å². The first-order valence-corrected chi connectivity index (χ1v) is 11.6. The Balaban J connectivity index is 0.000000214. The summed E-state index contributed by atoms with van der Waals surface area (Å²) in [7, 11) is 0. The SMILES string of the molecule is CC(C)(C)OC(=O)N1CC=C(c2c[nH]c3ccc(Cl)cc23)CC1.Clc1ccc2[nH]ccc2c1. The highest BCUT2D eigenvalue weighted by atomic mass is 35.5. The van der Waals surface area contributed by atoms with E-state index in [0.29, 0.717) is 13.1 Å². The number of halogens is 2. The third kappa shape index (κ3) is 5.73. The molecule has 0 saturated heterocycles. The molecule has 0 saturated carbocycles. The summed E-state index contributed by atoms with van der Waals surface area (Å²) < 4.78 is 5.42. The smallest absolute Gasteiger partial charge is 0.410 e. The average Bonchev–Trinajstić information content (AvgIpc) is 3.39. The molecule has 5 nitrogen and oxygen atoms in total. The summed E-state index contributed by atoms with van der Waals surface area (Å²) >= 11 is 11.9. The number of H-pyrrole nitrogens is 2. The third-order valence-electron chi connectivity index (χ3n) is 5.37. The maximum absolute atomic E-state index is 12.1. The van der Waals surface area contributed by atoms with Crippen LogP contribution in [-0.2, 0) is 4.74 Å². The lowest BCUT2D eigenvalue weighted by atomic mass is 9.99. The first-order valence-electron chi connectivity index (χ1n) is 10.9. The molecule has 0 unspecified atom stereocenters. The van der Waals surface area contributed by atoms with Crippen LogP contribution in [0.25, 0.3) is 27.4 Å². The van der Waals surface area contributed by atoms with Gasteiger partial charge in [-0.05, 0) is 75.2 Å². The minimum absolute atomic E-state index is 0.255. The summed E-state index contributed by atoms with van der Waals surface area (Å²) in [6.07, 6.45) is 6.56. The maximum Gasteiger partial charge on any atom is 0.410 e. The zero-order valence-corrected chi connectivity index (χ0v) is 20.4. The Kier molecular flexibility index (Phi) is 6.73. The second-order valence-corrected chi connectivity index (χ2v) is 9.88. The number of aromatic nitrogens is 2. The molecule has 4 aromatic rings. The van der Waals surface area contributed by atoms with Gasteiger partial charge in [0.1, 0.15) is 5.60 Å². The van der Waals surface area contributed by atoms with Gasteiger partial charge in [0.05, 0.1) is 0 Å². The summed E-state index contributed by atoms with van der Waals surface area (Å²) in [6, 6.07) is 13.6. The quantitative estimate of drug-likeness (QED) is 0.291. The van der Waals surface area contributed by atoms with Crippen molar-refractivity contribution in [3.8, 4) is 0 Å². The highest BCUT2D eigenvalue weighted by Gasteiger charge is 2.24. The van der Waals surface area contributed by atoms with Crippen LogP contribution in [0.2, 0.25) is 10.0 Å². The number of hydrogen-bond acceptors (Lipinski definition) is 2. The van der Waals surface area contributed by atoms with E-state index < -0.39 is 5.60 Å². The lowest BCUT2D eigenvalue weighted by Gasteiger charge is -2.29. The van der Waals surface area contributed by atoms with Gasteiger partial charge in [-0.1, -0.05) is 29.3 Å². The second kappa shape index (κ2) is 9.54. The Labute approximate surface area is 203 Å². The molecule has 0 aliphatic carbocycles. The number of carbonyl (C=O) groups excluding carboxylic acids is 1. The van der Waals surface area contributed by atoms with Crippen molar-refractivity contribution in [2.45, 2.75) is 32.8 Å². The van der Waals surface area contributed by atoms with Gasteiger partial charge in [0.2, 0.25) is 0 Å². The van der Waals surface area contributed by atoms with Crippen molar-refractivity contribution in [2.24, 2.45) is 0 Å². The van der Waals surface area contributed by atoms with E-state index >= 15 is 0 Å². The van der Waals surface area contributed by atoms with Gasteiger partial charge in [0, 0.05) is 62.9 Å². The van der Waals surface area contributed by atoms with E-state index in [0.717, 1.165) is 43.8 Å². The molecule has 1 amide bonds. The molecular weight excluding hydrogens is 457 g/mol. The minimum Gasteiger partial charge on any atom is -0.444 e. The summed E-state index contributed by atoms with van der Waals surface area (Å²) in [4.78, 5) is 20.2. The fourth-order valence-corrected chi connectivity index (χ4v) is 4.14. The molecule has 33 heavy (non-hydrogen) atoms. The number of amides is 1. The molecular formula is C26H27Cl2N3O2. The Morgan fingerprint density at radius 2 is 1.73 bits per heavy atom. The Morgan fingerprint density at radius 1 is 1.00 bits per heavy atom. The molecule has 0 atom stereocenters. The summed E-state index contributed by atoms with van der Waals surface area (Å²) in [5.41, 5.74) is 4.13. The fraction of sp³-hybridized carbons (Fsp3) is 0.269. The van der Waals surface area contributed by atoms with Crippen LogP contribution in [0.5, 0.6) is 0 Å². The zero-order valence-electron chi connectivity index (χ0n) is 18.9. The lowest BCUT2D eigenvalue weighted by Crippen LogP contribution is -2.39. The fourth-order valence-electron chi connectivity index (χ4n) is 3.79. The van der Waals surface area contributed by atoms with E-state index in [1.165, 1.54) is 5.57 Å². The van der Waals surface area contributed by atoms with Crippen LogP contribution in [0, 0.1) is 0 Å². The van der Waals surface area contributed by atoms with E-state index in [1.807, 2.05) is 75.6 Å². The van der Waals surface area contributed by atoms with Crippen LogP contribution in [0.4, 0.5) is 4.79 Å². The van der Waals surface area contributed by atoms with Gasteiger partial charge >= 0.3 is 6.09 Å². The zero-order chi connectivity index (χ0) is 23.6.